The van der Waals surface area contributed by atoms with Crippen molar-refractivity contribution in [2.75, 3.05) is 0 Å². The zero-order valence-corrected chi connectivity index (χ0v) is 9.98. The highest BCUT2D eigenvalue weighted by molar-refractivity contribution is 5.74. The predicted octanol–water partition coefficient (Wildman–Crippen LogP) is 2.78. The maximum absolute atomic E-state index is 10.8. The standard InChI is InChI=1S/C14H19NO2/c16-14(15-17)6-1-3-11-7-9-13(10-8-11)12-4-2-5-12/h7-10,12,17H,1-6H2,(H,15,16). The molecule has 2 rings (SSSR count). The van der Waals surface area contributed by atoms with Crippen molar-refractivity contribution in [1.82, 2.24) is 5.48 Å². The summed E-state index contributed by atoms with van der Waals surface area (Å²) >= 11 is 0. The van der Waals surface area contributed by atoms with Crippen LogP contribution in [0.3, 0.4) is 0 Å². The van der Waals surface area contributed by atoms with Gasteiger partial charge in [-0.15, -0.1) is 0 Å². The highest BCUT2D eigenvalue weighted by atomic mass is 16.5. The zero-order valence-electron chi connectivity index (χ0n) is 9.98. The van der Waals surface area contributed by atoms with Crippen molar-refractivity contribution in [3.8, 4) is 0 Å². The molecule has 1 aromatic carbocycles. The molecule has 17 heavy (non-hydrogen) atoms. The van der Waals surface area contributed by atoms with Gasteiger partial charge in [0.2, 0.25) is 5.91 Å². The summed E-state index contributed by atoms with van der Waals surface area (Å²) in [6.07, 6.45) is 6.06. The molecular weight excluding hydrogens is 214 g/mol. The number of hydrogen-bond acceptors (Lipinski definition) is 2. The molecule has 0 bridgehead atoms. The summed E-state index contributed by atoms with van der Waals surface area (Å²) in [4.78, 5) is 10.8. The number of nitrogens with one attached hydrogen (secondary N) is 1. The summed E-state index contributed by atoms with van der Waals surface area (Å²) in [7, 11) is 0. The summed E-state index contributed by atoms with van der Waals surface area (Å²) < 4.78 is 0. The molecule has 2 N–H and O–H groups in total. The Morgan fingerprint density at radius 1 is 1.29 bits per heavy atom. The number of carbonyl (C=O) groups is 1. The van der Waals surface area contributed by atoms with Crippen LogP contribution in [0.4, 0.5) is 0 Å². The molecule has 3 nitrogen and oxygen atoms in total. The van der Waals surface area contributed by atoms with Crippen molar-refractivity contribution in [2.24, 2.45) is 0 Å². The average molecular weight is 233 g/mol. The Balaban J connectivity index is 1.79. The average Bonchev–Trinajstić information content (AvgIpc) is 2.29. The van der Waals surface area contributed by atoms with Gasteiger partial charge < -0.3 is 0 Å². The Kier molecular flexibility index (Phi) is 4.15. The van der Waals surface area contributed by atoms with Crippen LogP contribution >= 0.6 is 0 Å². The largest absolute Gasteiger partial charge is 0.289 e. The van der Waals surface area contributed by atoms with Crippen LogP contribution in [-0.4, -0.2) is 11.1 Å². The van der Waals surface area contributed by atoms with E-state index < -0.39 is 0 Å². The van der Waals surface area contributed by atoms with Crippen LogP contribution in [0.5, 0.6) is 0 Å². The fraction of sp³-hybridized carbons (Fsp3) is 0.500. The normalized spacial score (nSPS) is 15.4. The van der Waals surface area contributed by atoms with E-state index in [4.69, 9.17) is 5.21 Å². The first-order valence-corrected chi connectivity index (χ1v) is 6.31. The van der Waals surface area contributed by atoms with E-state index in [0.29, 0.717) is 6.42 Å². The molecule has 1 aliphatic carbocycles. The quantitative estimate of drug-likeness (QED) is 0.607. The lowest BCUT2D eigenvalue weighted by Crippen LogP contribution is -2.18. The zero-order chi connectivity index (χ0) is 12.1. The van der Waals surface area contributed by atoms with Crippen LogP contribution in [0.1, 0.15) is 49.1 Å². The first-order chi connectivity index (χ1) is 8.29. The second kappa shape index (κ2) is 5.82. The van der Waals surface area contributed by atoms with Crippen molar-refractivity contribution >= 4 is 5.91 Å². The number of amides is 1. The van der Waals surface area contributed by atoms with E-state index in [2.05, 4.69) is 24.3 Å². The smallest absolute Gasteiger partial charge is 0.243 e. The summed E-state index contributed by atoms with van der Waals surface area (Å²) in [6.45, 7) is 0. The van der Waals surface area contributed by atoms with Gasteiger partial charge >= 0.3 is 0 Å². The Labute approximate surface area is 102 Å². The Bertz CT molecular complexity index is 368. The van der Waals surface area contributed by atoms with Crippen molar-refractivity contribution in [1.29, 1.82) is 0 Å². The number of hydrogen-bond donors (Lipinski definition) is 2. The maximum Gasteiger partial charge on any atom is 0.243 e. The monoisotopic (exact) mass is 233 g/mol. The van der Waals surface area contributed by atoms with Crippen LogP contribution < -0.4 is 5.48 Å². The van der Waals surface area contributed by atoms with Gasteiger partial charge in [-0.2, -0.15) is 0 Å². The molecule has 3 heteroatoms. The van der Waals surface area contributed by atoms with Gasteiger partial charge in [0.1, 0.15) is 0 Å². The fourth-order valence-corrected chi connectivity index (χ4v) is 2.21. The van der Waals surface area contributed by atoms with E-state index in [0.717, 1.165) is 18.8 Å². The van der Waals surface area contributed by atoms with Gasteiger partial charge in [-0.3, -0.25) is 10.0 Å². The van der Waals surface area contributed by atoms with Crippen LogP contribution in [0.2, 0.25) is 0 Å². The van der Waals surface area contributed by atoms with Crippen molar-refractivity contribution in [3.63, 3.8) is 0 Å². The molecule has 0 saturated heterocycles. The van der Waals surface area contributed by atoms with Gasteiger partial charge in [-0.1, -0.05) is 30.7 Å². The molecule has 92 valence electrons. The topological polar surface area (TPSA) is 49.3 Å². The molecule has 0 spiro atoms. The summed E-state index contributed by atoms with van der Waals surface area (Å²) in [6, 6.07) is 8.74. The minimum atomic E-state index is -0.309. The number of benzene rings is 1. The van der Waals surface area contributed by atoms with E-state index in [-0.39, 0.29) is 5.91 Å². The summed E-state index contributed by atoms with van der Waals surface area (Å²) in [5, 5.41) is 8.36. The van der Waals surface area contributed by atoms with Gasteiger partial charge in [0.15, 0.2) is 0 Å². The molecule has 0 aromatic heterocycles. The summed E-state index contributed by atoms with van der Waals surface area (Å²) in [5.74, 6) is 0.473. The third-order valence-corrected chi connectivity index (χ3v) is 3.55. The Morgan fingerprint density at radius 3 is 2.53 bits per heavy atom. The SMILES string of the molecule is O=C(CCCc1ccc(C2CCC2)cc1)NO. The second-order valence-electron chi connectivity index (χ2n) is 4.76. The molecule has 0 unspecified atom stereocenters. The highest BCUT2D eigenvalue weighted by Crippen LogP contribution is 2.36. The minimum absolute atomic E-state index is 0.309. The Morgan fingerprint density at radius 2 is 2.00 bits per heavy atom. The van der Waals surface area contributed by atoms with E-state index in [1.54, 1.807) is 5.48 Å². The molecule has 1 aliphatic rings. The van der Waals surface area contributed by atoms with E-state index in [1.165, 1.54) is 30.4 Å². The van der Waals surface area contributed by atoms with Crippen LogP contribution in [0, 0.1) is 0 Å². The fourth-order valence-electron chi connectivity index (χ4n) is 2.21. The van der Waals surface area contributed by atoms with Gasteiger partial charge in [0.25, 0.3) is 0 Å². The minimum Gasteiger partial charge on any atom is -0.289 e. The van der Waals surface area contributed by atoms with Crippen molar-refractivity contribution < 1.29 is 10.0 Å². The van der Waals surface area contributed by atoms with Crippen molar-refractivity contribution in [3.05, 3.63) is 35.4 Å². The lowest BCUT2D eigenvalue weighted by Gasteiger charge is -2.25. The number of rotatable bonds is 5. The molecule has 0 radical (unpaired) electrons. The third kappa shape index (κ3) is 3.30. The lowest BCUT2D eigenvalue weighted by atomic mass is 9.80. The molecule has 0 heterocycles. The number of carbonyl (C=O) groups excluding carboxylic acids is 1. The predicted molar refractivity (Wildman–Crippen MR) is 65.9 cm³/mol. The van der Waals surface area contributed by atoms with Crippen LogP contribution in [0.15, 0.2) is 24.3 Å². The van der Waals surface area contributed by atoms with E-state index >= 15 is 0 Å². The molecule has 0 atom stereocenters. The van der Waals surface area contributed by atoms with Gasteiger partial charge in [0, 0.05) is 6.42 Å². The van der Waals surface area contributed by atoms with Crippen LogP contribution in [0.25, 0.3) is 0 Å². The number of hydroxylamine groups is 1. The molecule has 1 saturated carbocycles. The van der Waals surface area contributed by atoms with Gasteiger partial charge in [0.05, 0.1) is 0 Å². The number of aryl methyl sites for hydroxylation is 1. The first-order valence-electron chi connectivity index (χ1n) is 6.31. The van der Waals surface area contributed by atoms with Gasteiger partial charge in [-0.05, 0) is 42.7 Å². The molecule has 0 aliphatic heterocycles. The van der Waals surface area contributed by atoms with E-state index in [1.807, 2.05) is 0 Å². The maximum atomic E-state index is 10.8. The molecule has 1 aromatic rings. The van der Waals surface area contributed by atoms with Gasteiger partial charge in [-0.25, -0.2) is 5.48 Å². The molecular formula is C14H19NO2. The highest BCUT2D eigenvalue weighted by Gasteiger charge is 2.18. The first kappa shape index (κ1) is 12.1. The molecule has 1 amide bonds. The Hall–Kier alpha value is -1.35. The van der Waals surface area contributed by atoms with Crippen molar-refractivity contribution in [2.45, 2.75) is 44.4 Å². The van der Waals surface area contributed by atoms with E-state index in [9.17, 15) is 4.79 Å². The second-order valence-corrected chi connectivity index (χ2v) is 4.76. The third-order valence-electron chi connectivity index (χ3n) is 3.55. The van der Waals surface area contributed by atoms with Crippen LogP contribution in [-0.2, 0) is 11.2 Å². The summed E-state index contributed by atoms with van der Waals surface area (Å²) in [5.41, 5.74) is 4.37. The lowest BCUT2D eigenvalue weighted by molar-refractivity contribution is -0.129. The molecule has 1 fully saturated rings.